The van der Waals surface area contributed by atoms with E-state index in [0.29, 0.717) is 5.69 Å². The number of amides is 2. The van der Waals surface area contributed by atoms with Crippen molar-refractivity contribution in [1.29, 1.82) is 0 Å². The van der Waals surface area contributed by atoms with E-state index in [1.54, 1.807) is 18.2 Å². The maximum absolute atomic E-state index is 13.4. The van der Waals surface area contributed by atoms with Crippen molar-refractivity contribution in [3.8, 4) is 0 Å². The van der Waals surface area contributed by atoms with Crippen molar-refractivity contribution >= 4 is 17.5 Å². The lowest BCUT2D eigenvalue weighted by atomic mass is 10.2. The third kappa shape index (κ3) is 4.14. The average molecular weight is 286 g/mol. The van der Waals surface area contributed by atoms with E-state index in [2.05, 4.69) is 10.6 Å². The first-order valence-corrected chi connectivity index (χ1v) is 6.45. The van der Waals surface area contributed by atoms with Crippen LogP contribution in [0.15, 0.2) is 48.5 Å². The fourth-order valence-electron chi connectivity index (χ4n) is 1.74. The van der Waals surface area contributed by atoms with Crippen molar-refractivity contribution < 1.29 is 14.0 Å². The van der Waals surface area contributed by atoms with E-state index in [-0.39, 0.29) is 18.0 Å². The second-order valence-corrected chi connectivity index (χ2v) is 4.58. The Labute approximate surface area is 122 Å². The lowest BCUT2D eigenvalue weighted by Crippen LogP contribution is -2.33. The number of carbonyl (C=O) groups is 2. The highest BCUT2D eigenvalue weighted by Crippen LogP contribution is 2.08. The van der Waals surface area contributed by atoms with Crippen LogP contribution in [-0.4, -0.2) is 18.4 Å². The highest BCUT2D eigenvalue weighted by atomic mass is 19.1. The molecule has 21 heavy (non-hydrogen) atoms. The maximum atomic E-state index is 13.4. The summed E-state index contributed by atoms with van der Waals surface area (Å²) in [4.78, 5) is 23.4. The van der Waals surface area contributed by atoms with Crippen LogP contribution in [0, 0.1) is 12.7 Å². The van der Waals surface area contributed by atoms with E-state index in [1.807, 2.05) is 19.1 Å². The first-order chi connectivity index (χ1) is 10.1. The zero-order valence-corrected chi connectivity index (χ0v) is 11.5. The Morgan fingerprint density at radius 3 is 2.38 bits per heavy atom. The highest BCUT2D eigenvalue weighted by molar-refractivity contribution is 5.99. The van der Waals surface area contributed by atoms with Gasteiger partial charge >= 0.3 is 0 Å². The van der Waals surface area contributed by atoms with Crippen LogP contribution in [0.5, 0.6) is 0 Å². The molecule has 0 aliphatic rings. The molecule has 4 nitrogen and oxygen atoms in total. The highest BCUT2D eigenvalue weighted by Gasteiger charge is 2.11. The van der Waals surface area contributed by atoms with Crippen LogP contribution in [-0.2, 0) is 4.79 Å². The molecule has 0 bridgehead atoms. The zero-order valence-electron chi connectivity index (χ0n) is 11.5. The molecule has 0 atom stereocenters. The first kappa shape index (κ1) is 14.7. The SMILES string of the molecule is Cc1ccc(NC(=O)CNC(=O)c2ccccc2F)cc1. The van der Waals surface area contributed by atoms with Crippen molar-refractivity contribution in [3.05, 3.63) is 65.5 Å². The van der Waals surface area contributed by atoms with Gasteiger partial charge in [0.1, 0.15) is 5.82 Å². The van der Waals surface area contributed by atoms with Gasteiger partial charge < -0.3 is 10.6 Å². The second-order valence-electron chi connectivity index (χ2n) is 4.58. The van der Waals surface area contributed by atoms with Crippen molar-refractivity contribution in [2.45, 2.75) is 6.92 Å². The monoisotopic (exact) mass is 286 g/mol. The van der Waals surface area contributed by atoms with Crippen LogP contribution in [0.4, 0.5) is 10.1 Å². The molecule has 0 spiro atoms. The second kappa shape index (κ2) is 6.65. The normalized spacial score (nSPS) is 10.0. The largest absolute Gasteiger partial charge is 0.343 e. The van der Waals surface area contributed by atoms with Crippen LogP contribution in [0.1, 0.15) is 15.9 Å². The van der Waals surface area contributed by atoms with Gasteiger partial charge in [-0.25, -0.2) is 4.39 Å². The van der Waals surface area contributed by atoms with Crippen LogP contribution in [0.3, 0.4) is 0 Å². The van der Waals surface area contributed by atoms with Gasteiger partial charge in [-0.2, -0.15) is 0 Å². The third-order valence-electron chi connectivity index (χ3n) is 2.86. The zero-order chi connectivity index (χ0) is 15.2. The van der Waals surface area contributed by atoms with Gasteiger partial charge in [-0.05, 0) is 31.2 Å². The van der Waals surface area contributed by atoms with E-state index >= 15 is 0 Å². The summed E-state index contributed by atoms with van der Waals surface area (Å²) >= 11 is 0. The van der Waals surface area contributed by atoms with Crippen LogP contribution >= 0.6 is 0 Å². The predicted octanol–water partition coefficient (Wildman–Crippen LogP) is 2.50. The van der Waals surface area contributed by atoms with Gasteiger partial charge in [0, 0.05) is 5.69 Å². The van der Waals surface area contributed by atoms with Gasteiger partial charge in [0.15, 0.2) is 0 Å². The van der Waals surface area contributed by atoms with E-state index in [4.69, 9.17) is 0 Å². The molecule has 5 heteroatoms. The number of anilines is 1. The van der Waals surface area contributed by atoms with Crippen LogP contribution in [0.25, 0.3) is 0 Å². The molecule has 2 N–H and O–H groups in total. The minimum atomic E-state index is -0.618. The van der Waals surface area contributed by atoms with Crippen molar-refractivity contribution in [2.75, 3.05) is 11.9 Å². The summed E-state index contributed by atoms with van der Waals surface area (Å²) in [7, 11) is 0. The fourth-order valence-corrected chi connectivity index (χ4v) is 1.74. The molecule has 2 rings (SSSR count). The lowest BCUT2D eigenvalue weighted by molar-refractivity contribution is -0.115. The van der Waals surface area contributed by atoms with E-state index in [9.17, 15) is 14.0 Å². The minimum absolute atomic E-state index is 0.0827. The molecular formula is C16H15FN2O2. The Balaban J connectivity index is 1.88. The van der Waals surface area contributed by atoms with Crippen molar-refractivity contribution in [1.82, 2.24) is 5.32 Å². The molecule has 0 aliphatic carbocycles. The number of benzene rings is 2. The van der Waals surface area contributed by atoms with Crippen molar-refractivity contribution in [3.63, 3.8) is 0 Å². The maximum Gasteiger partial charge on any atom is 0.254 e. The number of rotatable bonds is 4. The Morgan fingerprint density at radius 1 is 1.05 bits per heavy atom. The van der Waals surface area contributed by atoms with E-state index < -0.39 is 11.7 Å². The van der Waals surface area contributed by atoms with Crippen LogP contribution < -0.4 is 10.6 Å². The predicted molar refractivity (Wildman–Crippen MR) is 78.5 cm³/mol. The molecule has 2 aromatic carbocycles. The number of carbonyl (C=O) groups excluding carboxylic acids is 2. The topological polar surface area (TPSA) is 58.2 Å². The average Bonchev–Trinajstić information content (AvgIpc) is 2.48. The Bertz CT molecular complexity index is 654. The number of aryl methyl sites for hydroxylation is 1. The van der Waals surface area contributed by atoms with Gasteiger partial charge in [0.25, 0.3) is 5.91 Å². The Kier molecular flexibility index (Phi) is 4.66. The summed E-state index contributed by atoms with van der Waals surface area (Å²) in [5.41, 5.74) is 1.65. The first-order valence-electron chi connectivity index (χ1n) is 6.45. The molecular weight excluding hydrogens is 271 g/mol. The molecule has 0 radical (unpaired) electrons. The van der Waals surface area contributed by atoms with Crippen molar-refractivity contribution in [2.24, 2.45) is 0 Å². The minimum Gasteiger partial charge on any atom is -0.343 e. The fraction of sp³-hybridized carbons (Fsp3) is 0.125. The quantitative estimate of drug-likeness (QED) is 0.907. The summed E-state index contributed by atoms with van der Waals surface area (Å²) in [5, 5.41) is 5.02. The molecule has 0 saturated heterocycles. The molecule has 108 valence electrons. The molecule has 2 amide bonds. The van der Waals surface area contributed by atoms with Crippen LogP contribution in [0.2, 0.25) is 0 Å². The van der Waals surface area contributed by atoms with Gasteiger partial charge in [-0.1, -0.05) is 29.8 Å². The summed E-state index contributed by atoms with van der Waals surface area (Å²) < 4.78 is 13.4. The number of halogens is 1. The lowest BCUT2D eigenvalue weighted by Gasteiger charge is -2.07. The molecule has 0 unspecified atom stereocenters. The molecule has 0 aromatic heterocycles. The summed E-state index contributed by atoms with van der Waals surface area (Å²) in [6.07, 6.45) is 0. The molecule has 0 heterocycles. The number of hydrogen-bond donors (Lipinski definition) is 2. The summed E-state index contributed by atoms with van der Waals surface area (Å²) in [6, 6.07) is 12.9. The standard InChI is InChI=1S/C16H15FN2O2/c1-11-6-8-12(9-7-11)19-15(20)10-18-16(21)13-4-2-3-5-14(13)17/h2-9H,10H2,1H3,(H,18,21)(H,19,20). The molecule has 0 fully saturated rings. The molecule has 0 aliphatic heterocycles. The Morgan fingerprint density at radius 2 is 1.71 bits per heavy atom. The summed E-state index contributed by atoms with van der Waals surface area (Å²) in [5.74, 6) is -1.61. The number of nitrogens with one attached hydrogen (secondary N) is 2. The molecule has 0 saturated carbocycles. The molecule has 2 aromatic rings. The Hall–Kier alpha value is -2.69. The third-order valence-corrected chi connectivity index (χ3v) is 2.86. The van der Waals surface area contributed by atoms with Gasteiger partial charge in [0.2, 0.25) is 5.91 Å². The van der Waals surface area contributed by atoms with Gasteiger partial charge in [-0.15, -0.1) is 0 Å². The van der Waals surface area contributed by atoms with E-state index in [0.717, 1.165) is 5.56 Å². The van der Waals surface area contributed by atoms with Gasteiger partial charge in [-0.3, -0.25) is 9.59 Å². The smallest absolute Gasteiger partial charge is 0.254 e. The number of hydrogen-bond acceptors (Lipinski definition) is 2. The van der Waals surface area contributed by atoms with E-state index in [1.165, 1.54) is 18.2 Å². The van der Waals surface area contributed by atoms with Gasteiger partial charge in [0.05, 0.1) is 12.1 Å². The summed E-state index contributed by atoms with van der Waals surface area (Å²) in [6.45, 7) is 1.72.